The zero-order chi connectivity index (χ0) is 16.7. The van der Waals surface area contributed by atoms with Crippen LogP contribution in [0.2, 0.25) is 0 Å². The van der Waals surface area contributed by atoms with Crippen LogP contribution in [-0.2, 0) is 0 Å². The molecule has 0 saturated carbocycles. The van der Waals surface area contributed by atoms with Crippen LogP contribution in [0.1, 0.15) is 11.3 Å². The number of aromatic nitrogens is 1. The number of nitrogens with one attached hydrogen (secondary N) is 1. The van der Waals surface area contributed by atoms with Gasteiger partial charge in [0, 0.05) is 16.8 Å². The van der Waals surface area contributed by atoms with Gasteiger partial charge in [-0.3, -0.25) is 0 Å². The zero-order valence-electron chi connectivity index (χ0n) is 11.1. The highest BCUT2D eigenvalue weighted by atomic mass is 79.9. The minimum Gasteiger partial charge on any atom is -0.349 e. The predicted molar refractivity (Wildman–Crippen MR) is 86.3 cm³/mol. The molecule has 2 heterocycles. The van der Waals surface area contributed by atoms with Crippen molar-refractivity contribution in [1.29, 1.82) is 0 Å². The van der Waals surface area contributed by atoms with Crippen LogP contribution in [0.4, 0.5) is 17.6 Å². The van der Waals surface area contributed by atoms with Gasteiger partial charge in [-0.2, -0.15) is 0 Å². The molecular weight excluding hydrogens is 444 g/mol. The van der Waals surface area contributed by atoms with E-state index in [4.69, 9.17) is 0 Å². The van der Waals surface area contributed by atoms with Gasteiger partial charge in [0.25, 0.3) is 0 Å². The number of nitrogens with zero attached hydrogens (tertiary/aromatic N) is 1. The summed E-state index contributed by atoms with van der Waals surface area (Å²) in [4.78, 5) is 7.02. The fraction of sp³-hybridized carbons (Fsp3) is 0. The Morgan fingerprint density at radius 3 is 2.26 bits per heavy atom. The molecule has 0 saturated heterocycles. The SMILES string of the molecule is Fc1cc(/C(=C2/C=CC(Br)=N2)c2ccc(Br)[nH]2)c(F)c(F)c1F. The minimum absolute atomic E-state index is 0.108. The lowest BCUT2D eigenvalue weighted by molar-refractivity contribution is 0.408. The Balaban J connectivity index is 2.33. The second-order valence-corrected chi connectivity index (χ2v) is 6.26. The van der Waals surface area contributed by atoms with E-state index in [0.717, 1.165) is 0 Å². The molecule has 2 nitrogen and oxygen atoms in total. The largest absolute Gasteiger partial charge is 0.349 e. The molecule has 1 N–H and O–H groups in total. The average Bonchev–Trinajstić information content (AvgIpc) is 3.12. The lowest BCUT2D eigenvalue weighted by atomic mass is 9.99. The summed E-state index contributed by atoms with van der Waals surface area (Å²) in [5.74, 6) is -6.68. The normalized spacial score (nSPS) is 16.0. The van der Waals surface area contributed by atoms with Crippen molar-refractivity contribution < 1.29 is 17.6 Å². The second-order valence-electron chi connectivity index (χ2n) is 4.60. The van der Waals surface area contributed by atoms with Crippen molar-refractivity contribution >= 4 is 42.1 Å². The van der Waals surface area contributed by atoms with Gasteiger partial charge in [-0.25, -0.2) is 22.6 Å². The lowest BCUT2D eigenvalue weighted by Gasteiger charge is -2.11. The minimum atomic E-state index is -1.87. The smallest absolute Gasteiger partial charge is 0.198 e. The Kier molecular flexibility index (Phi) is 4.29. The Hall–Kier alpha value is -1.67. The molecule has 0 bridgehead atoms. The van der Waals surface area contributed by atoms with E-state index in [1.807, 2.05) is 0 Å². The maximum absolute atomic E-state index is 14.2. The summed E-state index contributed by atoms with van der Waals surface area (Å²) in [6.07, 6.45) is 3.15. The molecule has 0 spiro atoms. The summed E-state index contributed by atoms with van der Waals surface area (Å²) >= 11 is 6.37. The Morgan fingerprint density at radius 2 is 1.70 bits per heavy atom. The third-order valence-electron chi connectivity index (χ3n) is 3.15. The maximum Gasteiger partial charge on any atom is 0.198 e. The monoisotopic (exact) mass is 448 g/mol. The molecule has 0 fully saturated rings. The second kappa shape index (κ2) is 6.09. The molecule has 2 aromatic rings. The summed E-state index contributed by atoms with van der Waals surface area (Å²) in [5.41, 5.74) is 0.320. The van der Waals surface area contributed by atoms with Gasteiger partial charge in [0.2, 0.25) is 0 Å². The number of allylic oxidation sites excluding steroid dienone is 2. The first-order valence-corrected chi connectivity index (χ1v) is 7.82. The van der Waals surface area contributed by atoms with Gasteiger partial charge in [0.15, 0.2) is 23.3 Å². The van der Waals surface area contributed by atoms with Crippen LogP contribution < -0.4 is 0 Å². The molecule has 0 atom stereocenters. The molecule has 3 rings (SSSR count). The van der Waals surface area contributed by atoms with Crippen LogP contribution in [0.25, 0.3) is 5.57 Å². The number of hydrogen-bond acceptors (Lipinski definition) is 1. The molecule has 23 heavy (non-hydrogen) atoms. The Labute approximate surface area is 144 Å². The first kappa shape index (κ1) is 16.2. The number of aromatic amines is 1. The quantitative estimate of drug-likeness (QED) is 0.358. The fourth-order valence-corrected chi connectivity index (χ4v) is 2.84. The summed E-state index contributed by atoms with van der Waals surface area (Å²) in [6.45, 7) is 0. The van der Waals surface area contributed by atoms with E-state index in [1.54, 1.807) is 24.3 Å². The lowest BCUT2D eigenvalue weighted by Crippen LogP contribution is -2.03. The first-order chi connectivity index (χ1) is 10.9. The number of aliphatic imine (C=N–C) groups is 1. The molecule has 1 aromatic heterocycles. The highest BCUT2D eigenvalue weighted by molar-refractivity contribution is 9.18. The molecular formula is C15H6Br2F4N2. The molecule has 0 aliphatic carbocycles. The highest BCUT2D eigenvalue weighted by Gasteiger charge is 2.25. The molecule has 1 aromatic carbocycles. The predicted octanol–water partition coefficient (Wildman–Crippen LogP) is 5.46. The van der Waals surface area contributed by atoms with E-state index in [0.29, 0.717) is 21.0 Å². The molecule has 0 amide bonds. The topological polar surface area (TPSA) is 28.1 Å². The number of rotatable bonds is 2. The number of benzene rings is 1. The summed E-state index contributed by atoms with van der Waals surface area (Å²) in [6, 6.07) is 3.84. The van der Waals surface area contributed by atoms with Crippen molar-refractivity contribution in [2.45, 2.75) is 0 Å². The van der Waals surface area contributed by atoms with E-state index in [2.05, 4.69) is 41.8 Å². The van der Waals surface area contributed by atoms with Crippen molar-refractivity contribution in [2.75, 3.05) is 0 Å². The van der Waals surface area contributed by atoms with E-state index in [1.165, 1.54) is 0 Å². The van der Waals surface area contributed by atoms with Gasteiger partial charge < -0.3 is 4.98 Å². The Morgan fingerprint density at radius 1 is 0.957 bits per heavy atom. The van der Waals surface area contributed by atoms with Crippen LogP contribution in [0.5, 0.6) is 0 Å². The number of H-pyrrole nitrogens is 1. The summed E-state index contributed by atoms with van der Waals surface area (Å²) in [5, 5.41) is 0. The third kappa shape index (κ3) is 2.92. The number of hydrogen-bond donors (Lipinski definition) is 1. The maximum atomic E-state index is 14.2. The third-order valence-corrected chi connectivity index (χ3v) is 4.06. The average molecular weight is 450 g/mol. The standard InChI is InChI=1S/C15H6Br2F4N2/c16-10-3-1-8(22-10)12(9-2-4-11(17)23-9)6-5-7(18)14(20)15(21)13(6)19/h1-5,22H/b12-9+. The van der Waals surface area contributed by atoms with Crippen molar-refractivity contribution in [3.63, 3.8) is 0 Å². The molecule has 1 aliphatic rings. The first-order valence-electron chi connectivity index (χ1n) is 6.23. The molecule has 118 valence electrons. The molecule has 0 radical (unpaired) electrons. The van der Waals surface area contributed by atoms with E-state index >= 15 is 0 Å². The van der Waals surface area contributed by atoms with Gasteiger partial charge in [-0.15, -0.1) is 0 Å². The van der Waals surface area contributed by atoms with E-state index in [9.17, 15) is 17.6 Å². The molecule has 8 heteroatoms. The molecule has 1 aliphatic heterocycles. The highest BCUT2D eigenvalue weighted by Crippen LogP contribution is 2.34. The van der Waals surface area contributed by atoms with Gasteiger partial charge in [-0.05, 0) is 62.2 Å². The Bertz CT molecular complexity index is 897. The fourth-order valence-electron chi connectivity index (χ4n) is 2.17. The van der Waals surface area contributed by atoms with E-state index in [-0.39, 0.29) is 11.3 Å². The van der Waals surface area contributed by atoms with Gasteiger partial charge in [0.1, 0.15) is 4.62 Å². The summed E-state index contributed by atoms with van der Waals surface area (Å²) in [7, 11) is 0. The molecule has 0 unspecified atom stereocenters. The van der Waals surface area contributed by atoms with Crippen LogP contribution in [0, 0.1) is 23.3 Å². The zero-order valence-corrected chi connectivity index (χ0v) is 14.3. The van der Waals surface area contributed by atoms with Crippen molar-refractivity contribution in [2.24, 2.45) is 4.99 Å². The van der Waals surface area contributed by atoms with Gasteiger partial charge >= 0.3 is 0 Å². The van der Waals surface area contributed by atoms with Crippen molar-refractivity contribution in [3.05, 3.63) is 75.2 Å². The van der Waals surface area contributed by atoms with E-state index < -0.39 is 28.8 Å². The van der Waals surface area contributed by atoms with Crippen LogP contribution >= 0.6 is 31.9 Å². The van der Waals surface area contributed by atoms with Gasteiger partial charge in [-0.1, -0.05) is 0 Å². The van der Waals surface area contributed by atoms with Crippen molar-refractivity contribution in [3.8, 4) is 0 Å². The van der Waals surface area contributed by atoms with Crippen molar-refractivity contribution in [1.82, 2.24) is 4.98 Å². The number of halogens is 6. The van der Waals surface area contributed by atoms with Gasteiger partial charge in [0.05, 0.1) is 10.3 Å². The van der Waals surface area contributed by atoms with Crippen LogP contribution in [0.15, 0.2) is 45.6 Å². The van der Waals surface area contributed by atoms with Crippen LogP contribution in [0.3, 0.4) is 0 Å². The summed E-state index contributed by atoms with van der Waals surface area (Å²) < 4.78 is 55.7. The van der Waals surface area contributed by atoms with Crippen LogP contribution in [-0.4, -0.2) is 9.60 Å².